The number of carbonyl (C=O) groups is 2. The van der Waals surface area contributed by atoms with Crippen molar-refractivity contribution in [2.75, 3.05) is 11.9 Å². The van der Waals surface area contributed by atoms with E-state index in [0.29, 0.717) is 0 Å². The number of carbonyl (C=O) groups excluding carboxylic acids is 2. The van der Waals surface area contributed by atoms with Crippen molar-refractivity contribution in [1.29, 1.82) is 0 Å². The average molecular weight is 474 g/mol. The molecular weight excluding hydrogens is 453 g/mol. The van der Waals surface area contributed by atoms with Crippen LogP contribution in [0.4, 0.5) is 18.9 Å². The zero-order valence-corrected chi connectivity index (χ0v) is 17.9. The summed E-state index contributed by atoms with van der Waals surface area (Å²) in [5.41, 5.74) is -0.0745. The molecule has 0 saturated heterocycles. The van der Waals surface area contributed by atoms with Crippen molar-refractivity contribution < 1.29 is 40.7 Å². The maximum atomic E-state index is 13.9. The fraction of sp³-hybridized carbons (Fsp3) is 0.300. The van der Waals surface area contributed by atoms with Crippen LogP contribution in [0, 0.1) is 11.7 Å². The molecule has 0 bridgehead atoms. The van der Waals surface area contributed by atoms with Crippen LogP contribution in [-0.2, 0) is 24.3 Å². The molecule has 1 atom stereocenters. The molecule has 0 fully saturated rings. The molecule has 0 unspecified atom stereocenters. The van der Waals surface area contributed by atoms with Gasteiger partial charge in [-0.3, -0.25) is 9.59 Å². The Morgan fingerprint density at radius 2 is 1.66 bits per heavy atom. The number of para-hydroxylation sites is 2. The van der Waals surface area contributed by atoms with Crippen molar-refractivity contribution >= 4 is 27.6 Å². The Morgan fingerprint density at radius 3 is 2.28 bits per heavy atom. The second kappa shape index (κ2) is 11.0. The lowest BCUT2D eigenvalue weighted by Gasteiger charge is -2.21. The molecule has 0 aliphatic heterocycles. The van der Waals surface area contributed by atoms with Crippen LogP contribution in [0.15, 0.2) is 53.4 Å². The van der Waals surface area contributed by atoms with Crippen LogP contribution in [0.2, 0.25) is 0 Å². The van der Waals surface area contributed by atoms with Crippen LogP contribution in [0.25, 0.3) is 0 Å². The minimum absolute atomic E-state index is 0.0745. The molecule has 2 N–H and O–H groups in total. The first-order valence-corrected chi connectivity index (χ1v) is 10.8. The van der Waals surface area contributed by atoms with Gasteiger partial charge >= 0.3 is 12.6 Å². The van der Waals surface area contributed by atoms with Crippen LogP contribution in [0.5, 0.6) is 5.75 Å². The van der Waals surface area contributed by atoms with Crippen molar-refractivity contribution in [3.05, 3.63) is 54.3 Å². The number of rotatable bonds is 10. The van der Waals surface area contributed by atoms with Gasteiger partial charge in [0.25, 0.3) is 5.91 Å². The summed E-state index contributed by atoms with van der Waals surface area (Å²) in [6.45, 7) is -0.895. The van der Waals surface area contributed by atoms with Gasteiger partial charge < -0.3 is 14.8 Å². The van der Waals surface area contributed by atoms with Crippen molar-refractivity contribution in [3.8, 4) is 5.75 Å². The van der Waals surface area contributed by atoms with E-state index in [9.17, 15) is 31.2 Å². The number of hydrogen-bond acceptors (Lipinski definition) is 6. The van der Waals surface area contributed by atoms with Gasteiger partial charge in [0, 0.05) is 0 Å². The summed E-state index contributed by atoms with van der Waals surface area (Å²) >= 11 is 0. The monoisotopic (exact) mass is 474 g/mol. The maximum Gasteiger partial charge on any atom is 0.387 e. The number of esters is 1. The van der Waals surface area contributed by atoms with E-state index < -0.39 is 57.8 Å². The molecule has 0 saturated carbocycles. The SMILES string of the molecule is CC(C)[C@H](NS(=O)(=O)c1ccccc1F)C(=O)OCC(=O)Nc1ccccc1OC(F)F. The van der Waals surface area contributed by atoms with Gasteiger partial charge in [-0.2, -0.15) is 13.5 Å². The number of sulfonamides is 1. The second-order valence-electron chi connectivity index (χ2n) is 6.80. The molecule has 0 radical (unpaired) electrons. The van der Waals surface area contributed by atoms with Gasteiger partial charge in [-0.15, -0.1) is 0 Å². The second-order valence-corrected chi connectivity index (χ2v) is 8.49. The van der Waals surface area contributed by atoms with Gasteiger partial charge in [0.2, 0.25) is 10.0 Å². The normalized spacial score (nSPS) is 12.5. The van der Waals surface area contributed by atoms with Crippen molar-refractivity contribution in [2.45, 2.75) is 31.4 Å². The Labute approximate surface area is 182 Å². The van der Waals surface area contributed by atoms with Crippen LogP contribution >= 0.6 is 0 Å². The summed E-state index contributed by atoms with van der Waals surface area (Å²) in [6, 6.07) is 8.60. The molecule has 12 heteroatoms. The fourth-order valence-electron chi connectivity index (χ4n) is 2.53. The number of alkyl halides is 2. The largest absolute Gasteiger partial charge is 0.454 e. The van der Waals surface area contributed by atoms with Gasteiger partial charge in [0.15, 0.2) is 6.61 Å². The van der Waals surface area contributed by atoms with Crippen molar-refractivity contribution in [2.24, 2.45) is 5.92 Å². The summed E-state index contributed by atoms with van der Waals surface area (Å²) < 4.78 is 74.9. The first kappa shape index (κ1) is 25.1. The molecule has 0 aliphatic carbocycles. The van der Waals surface area contributed by atoms with Gasteiger partial charge in [-0.25, -0.2) is 12.8 Å². The molecule has 0 heterocycles. The van der Waals surface area contributed by atoms with Crippen molar-refractivity contribution in [1.82, 2.24) is 4.72 Å². The molecule has 8 nitrogen and oxygen atoms in total. The molecular formula is C20H21F3N2O6S. The predicted molar refractivity (Wildman–Crippen MR) is 108 cm³/mol. The summed E-state index contributed by atoms with van der Waals surface area (Å²) in [6.07, 6.45) is 0. The van der Waals surface area contributed by atoms with E-state index in [4.69, 9.17) is 4.74 Å². The van der Waals surface area contributed by atoms with E-state index in [2.05, 4.69) is 14.8 Å². The summed E-state index contributed by atoms with van der Waals surface area (Å²) in [5, 5.41) is 2.26. The van der Waals surface area contributed by atoms with Crippen molar-refractivity contribution in [3.63, 3.8) is 0 Å². The highest BCUT2D eigenvalue weighted by atomic mass is 32.2. The Bertz CT molecular complexity index is 1060. The summed E-state index contributed by atoms with van der Waals surface area (Å²) in [4.78, 5) is 23.8. The lowest BCUT2D eigenvalue weighted by Crippen LogP contribution is -2.46. The minimum atomic E-state index is -4.40. The third-order valence-electron chi connectivity index (χ3n) is 4.05. The van der Waals surface area contributed by atoms with Crippen LogP contribution in [0.3, 0.4) is 0 Å². The Morgan fingerprint density at radius 1 is 1.03 bits per heavy atom. The zero-order valence-electron chi connectivity index (χ0n) is 17.0. The van der Waals surface area contributed by atoms with E-state index in [0.717, 1.165) is 12.1 Å². The maximum absolute atomic E-state index is 13.9. The van der Waals surface area contributed by atoms with Gasteiger partial charge in [0.05, 0.1) is 5.69 Å². The molecule has 174 valence electrons. The Hall–Kier alpha value is -3.12. The van der Waals surface area contributed by atoms with Gasteiger partial charge in [0.1, 0.15) is 22.5 Å². The molecule has 0 aromatic heterocycles. The molecule has 2 aromatic rings. The third kappa shape index (κ3) is 6.95. The number of benzene rings is 2. The standard InChI is InChI=1S/C20H21F3N2O6S/c1-12(2)18(25-32(28,29)16-10-6-3-7-13(16)21)19(27)30-11-17(26)24-14-8-4-5-9-15(14)31-20(22)23/h3-10,12,18,20,25H,11H2,1-2H3,(H,24,26)/t18-/m0/s1. The average Bonchev–Trinajstić information content (AvgIpc) is 2.71. The molecule has 0 spiro atoms. The number of anilines is 1. The number of amides is 1. The topological polar surface area (TPSA) is 111 Å². The quantitative estimate of drug-likeness (QED) is 0.513. The Balaban J connectivity index is 2.03. The minimum Gasteiger partial charge on any atom is -0.454 e. The lowest BCUT2D eigenvalue weighted by molar-refractivity contribution is -0.150. The molecule has 0 aliphatic rings. The summed E-state index contributed by atoms with van der Waals surface area (Å²) in [7, 11) is -4.40. The number of halogens is 3. The van der Waals surface area contributed by atoms with Gasteiger partial charge in [-0.1, -0.05) is 38.1 Å². The van der Waals surface area contributed by atoms with E-state index in [1.54, 1.807) is 0 Å². The highest BCUT2D eigenvalue weighted by molar-refractivity contribution is 7.89. The highest BCUT2D eigenvalue weighted by Crippen LogP contribution is 2.25. The highest BCUT2D eigenvalue weighted by Gasteiger charge is 2.31. The first-order chi connectivity index (χ1) is 15.0. The smallest absolute Gasteiger partial charge is 0.387 e. The third-order valence-corrected chi connectivity index (χ3v) is 5.53. The molecule has 2 rings (SSSR count). The molecule has 32 heavy (non-hydrogen) atoms. The van der Waals surface area contributed by atoms with E-state index in [1.165, 1.54) is 50.2 Å². The number of hydrogen-bond donors (Lipinski definition) is 2. The number of nitrogens with one attached hydrogen (secondary N) is 2. The van der Waals surface area contributed by atoms with Crippen LogP contribution in [0.1, 0.15) is 13.8 Å². The lowest BCUT2D eigenvalue weighted by atomic mass is 10.1. The Kier molecular flexibility index (Phi) is 8.61. The number of ether oxygens (including phenoxy) is 2. The molecule has 1 amide bonds. The van der Waals surface area contributed by atoms with E-state index >= 15 is 0 Å². The van der Waals surface area contributed by atoms with Crippen LogP contribution in [-0.4, -0.2) is 39.6 Å². The summed E-state index contributed by atoms with van der Waals surface area (Å²) in [5.74, 6) is -3.84. The van der Waals surface area contributed by atoms with Gasteiger partial charge in [-0.05, 0) is 30.2 Å². The predicted octanol–water partition coefficient (Wildman–Crippen LogP) is 2.91. The molecule has 2 aromatic carbocycles. The zero-order chi connectivity index (χ0) is 23.9. The first-order valence-electron chi connectivity index (χ1n) is 9.28. The van der Waals surface area contributed by atoms with E-state index in [1.807, 2.05) is 0 Å². The fourth-order valence-corrected chi connectivity index (χ4v) is 3.94. The van der Waals surface area contributed by atoms with Crippen LogP contribution < -0.4 is 14.8 Å². The van der Waals surface area contributed by atoms with E-state index in [-0.39, 0.29) is 11.4 Å².